The Balaban J connectivity index is 1.77. The summed E-state index contributed by atoms with van der Waals surface area (Å²) >= 11 is 0. The van der Waals surface area contributed by atoms with Crippen molar-refractivity contribution in [3.8, 4) is 0 Å². The van der Waals surface area contributed by atoms with Crippen LogP contribution in [0.2, 0.25) is 38.3 Å². The summed E-state index contributed by atoms with van der Waals surface area (Å²) in [5.74, 6) is 0. The Morgan fingerprint density at radius 2 is 0.765 bits per heavy atom. The minimum atomic E-state index is -2.02. The van der Waals surface area contributed by atoms with Crippen molar-refractivity contribution in [3.63, 3.8) is 0 Å². The Bertz CT molecular complexity index is 1120. The molecule has 0 radical (unpaired) electrons. The number of rotatable bonds is 9. The molecule has 3 heteroatoms. The molecule has 4 rings (SSSR count). The first-order valence-electron chi connectivity index (χ1n) is 12.6. The topological polar surface area (TPSA) is 0 Å². The number of benzene rings is 4. The third-order valence-electron chi connectivity index (χ3n) is 8.25. The molecule has 0 saturated heterocycles. The zero-order valence-corrected chi connectivity index (χ0v) is 24.2. The molecule has 34 heavy (non-hydrogen) atoms. The zero-order chi connectivity index (χ0) is 24.1. The monoisotopic (exact) mass is 494 g/mol. The standard InChI is InChI=1S/C31H38Si3/c1-32(2,28-18-9-5-10-19-28)26-17-27-33(3,29-20-11-6-12-21-29)34(4,30-22-13-7-14-23-30)31-24-15-8-16-25-31/h5-16,18-25H,17,26-27H2,1-4H3. The van der Waals surface area contributed by atoms with Crippen LogP contribution < -0.4 is 20.7 Å². The van der Waals surface area contributed by atoms with E-state index in [1.54, 1.807) is 20.7 Å². The van der Waals surface area contributed by atoms with Crippen molar-refractivity contribution < 1.29 is 0 Å². The summed E-state index contributed by atoms with van der Waals surface area (Å²) in [5, 5.41) is 6.37. The molecule has 0 aliphatic heterocycles. The highest BCUT2D eigenvalue weighted by Crippen LogP contribution is 2.28. The molecule has 0 aliphatic rings. The summed E-state index contributed by atoms with van der Waals surface area (Å²) in [6, 6.07) is 48.5. The van der Waals surface area contributed by atoms with Gasteiger partial charge < -0.3 is 0 Å². The predicted octanol–water partition coefficient (Wildman–Crippen LogP) is 5.95. The van der Waals surface area contributed by atoms with E-state index in [-0.39, 0.29) is 0 Å². The molecule has 0 nitrogen and oxygen atoms in total. The van der Waals surface area contributed by atoms with Gasteiger partial charge in [-0.3, -0.25) is 0 Å². The fourth-order valence-corrected chi connectivity index (χ4v) is 24.1. The van der Waals surface area contributed by atoms with Crippen LogP contribution in [0.1, 0.15) is 6.42 Å². The Labute approximate surface area is 209 Å². The zero-order valence-electron chi connectivity index (χ0n) is 21.2. The quantitative estimate of drug-likeness (QED) is 0.252. The maximum absolute atomic E-state index is 2.70. The first-order valence-corrected chi connectivity index (χ1v) is 22.0. The van der Waals surface area contributed by atoms with Gasteiger partial charge in [-0.05, 0) is 0 Å². The second kappa shape index (κ2) is 10.4. The molecular formula is C31H38Si3. The van der Waals surface area contributed by atoms with Gasteiger partial charge in [-0.25, -0.2) is 0 Å². The molecule has 0 heterocycles. The molecule has 4 aromatic rings. The summed E-state index contributed by atoms with van der Waals surface area (Å²) in [7, 11) is -5.38. The van der Waals surface area contributed by atoms with Gasteiger partial charge in [0.1, 0.15) is 7.59 Å². The minimum absolute atomic E-state index is 1.31. The summed E-state index contributed by atoms with van der Waals surface area (Å²) in [6.07, 6.45) is 1.31. The smallest absolute Gasteiger partial charge is 0.0666 e. The molecule has 1 atom stereocenters. The SMILES string of the molecule is C[Si](C)(CCC[Si](C)(c1ccccc1)[Si](C)(c1ccccc1)c1ccccc1)c1ccccc1. The maximum atomic E-state index is 2.70. The van der Waals surface area contributed by atoms with Gasteiger partial charge in [-0.2, -0.15) is 0 Å². The highest BCUT2D eigenvalue weighted by molar-refractivity contribution is 7.55. The van der Waals surface area contributed by atoms with E-state index < -0.39 is 23.3 Å². The van der Waals surface area contributed by atoms with E-state index in [0.717, 1.165) is 0 Å². The fraction of sp³-hybridized carbons (Fsp3) is 0.226. The van der Waals surface area contributed by atoms with Crippen molar-refractivity contribution in [2.24, 2.45) is 0 Å². The molecule has 0 fully saturated rings. The minimum Gasteiger partial charge on any atom is -0.0666 e. The molecule has 174 valence electrons. The van der Waals surface area contributed by atoms with Crippen LogP contribution in [-0.4, -0.2) is 23.3 Å². The van der Waals surface area contributed by atoms with Gasteiger partial charge in [0, 0.05) is 0 Å². The van der Waals surface area contributed by atoms with Crippen LogP contribution >= 0.6 is 0 Å². The Morgan fingerprint density at radius 3 is 1.18 bits per heavy atom. The first kappa shape index (κ1) is 24.6. The fourth-order valence-electron chi connectivity index (χ4n) is 5.75. The van der Waals surface area contributed by atoms with Crippen molar-refractivity contribution in [1.82, 2.24) is 0 Å². The van der Waals surface area contributed by atoms with Crippen molar-refractivity contribution >= 4 is 44.0 Å². The number of hydrogen-bond acceptors (Lipinski definition) is 0. The average molecular weight is 495 g/mol. The normalized spacial score (nSPS) is 13.9. The van der Waals surface area contributed by atoms with E-state index in [1.807, 2.05) is 0 Å². The van der Waals surface area contributed by atoms with Gasteiger partial charge in [-0.15, -0.1) is 0 Å². The van der Waals surface area contributed by atoms with Gasteiger partial charge in [0.15, 0.2) is 0 Å². The lowest BCUT2D eigenvalue weighted by Gasteiger charge is -2.45. The van der Waals surface area contributed by atoms with E-state index in [0.29, 0.717) is 0 Å². The van der Waals surface area contributed by atoms with E-state index in [4.69, 9.17) is 0 Å². The van der Waals surface area contributed by atoms with E-state index in [1.165, 1.54) is 18.5 Å². The van der Waals surface area contributed by atoms with Crippen LogP contribution in [0, 0.1) is 0 Å². The van der Waals surface area contributed by atoms with Gasteiger partial charge in [0.2, 0.25) is 0 Å². The van der Waals surface area contributed by atoms with E-state index >= 15 is 0 Å². The van der Waals surface area contributed by atoms with E-state index in [9.17, 15) is 0 Å². The average Bonchev–Trinajstić information content (AvgIpc) is 2.90. The predicted molar refractivity (Wildman–Crippen MR) is 159 cm³/mol. The third-order valence-corrected chi connectivity index (χ3v) is 29.9. The second-order valence-corrected chi connectivity index (χ2v) is 29.0. The Hall–Kier alpha value is -2.47. The lowest BCUT2D eigenvalue weighted by atomic mass is 10.4. The molecule has 0 saturated carbocycles. The molecule has 0 bridgehead atoms. The van der Waals surface area contributed by atoms with Crippen LogP contribution in [0.25, 0.3) is 0 Å². The Kier molecular flexibility index (Phi) is 7.56. The first-order chi connectivity index (χ1) is 16.4. The lowest BCUT2D eigenvalue weighted by molar-refractivity contribution is 1.03. The third kappa shape index (κ3) is 4.83. The summed E-state index contributed by atoms with van der Waals surface area (Å²) in [4.78, 5) is 0. The van der Waals surface area contributed by atoms with Crippen LogP contribution in [0.5, 0.6) is 0 Å². The van der Waals surface area contributed by atoms with Gasteiger partial charge in [0.25, 0.3) is 0 Å². The van der Waals surface area contributed by atoms with Crippen LogP contribution in [0.15, 0.2) is 121 Å². The van der Waals surface area contributed by atoms with Crippen molar-refractivity contribution in [1.29, 1.82) is 0 Å². The van der Waals surface area contributed by atoms with Crippen LogP contribution in [0.3, 0.4) is 0 Å². The van der Waals surface area contributed by atoms with Gasteiger partial charge >= 0.3 is 0 Å². The molecule has 0 amide bonds. The highest BCUT2D eigenvalue weighted by atomic mass is 29.3. The summed E-state index contributed by atoms with van der Waals surface area (Å²) < 4.78 is 0. The van der Waals surface area contributed by atoms with Crippen molar-refractivity contribution in [3.05, 3.63) is 121 Å². The lowest BCUT2D eigenvalue weighted by Crippen LogP contribution is -2.78. The molecule has 0 aliphatic carbocycles. The van der Waals surface area contributed by atoms with Gasteiger partial charge in [-0.1, -0.05) is 187 Å². The molecule has 0 spiro atoms. The van der Waals surface area contributed by atoms with Crippen LogP contribution in [-0.2, 0) is 0 Å². The maximum Gasteiger partial charge on any atom is 0.113 e. The van der Waals surface area contributed by atoms with E-state index in [2.05, 4.69) is 148 Å². The van der Waals surface area contributed by atoms with Crippen molar-refractivity contribution in [2.75, 3.05) is 0 Å². The highest BCUT2D eigenvalue weighted by Gasteiger charge is 2.51. The molecular weight excluding hydrogens is 457 g/mol. The summed E-state index contributed by atoms with van der Waals surface area (Å²) in [6.45, 7) is 10.5. The summed E-state index contributed by atoms with van der Waals surface area (Å²) in [5.41, 5.74) is 0. The molecule has 0 N–H and O–H groups in total. The second-order valence-electron chi connectivity index (χ2n) is 10.7. The molecule has 1 unspecified atom stereocenters. The van der Waals surface area contributed by atoms with Gasteiger partial charge in [0.05, 0.1) is 15.7 Å². The molecule has 0 aromatic heterocycles. The van der Waals surface area contributed by atoms with Crippen LogP contribution in [0.4, 0.5) is 0 Å². The largest absolute Gasteiger partial charge is 0.113 e. The number of hydrogen-bond donors (Lipinski definition) is 0. The molecule has 4 aromatic carbocycles. The Morgan fingerprint density at radius 1 is 0.412 bits per heavy atom. The van der Waals surface area contributed by atoms with Crippen molar-refractivity contribution in [2.45, 2.75) is 44.7 Å².